The standard InChI is InChI=1S/C9H19O5P.C7H13IO2.CH3F/c1-9(2)13-5-8(6-14-9)7-15(10,11-3)12-4;1-7(2)9-4-6(3-8)5-10-7;1-2/h8H,5-7H2,1-4H3;6H,3-5H2,1-2H3;1H3/i;;1D. The van der Waals surface area contributed by atoms with Crippen LogP contribution in [0.2, 0.25) is 0 Å². The van der Waals surface area contributed by atoms with E-state index in [-0.39, 0.29) is 11.7 Å². The lowest BCUT2D eigenvalue weighted by molar-refractivity contribution is -0.259. The number of hydrogen-bond donors (Lipinski definition) is 0. The fourth-order valence-electron chi connectivity index (χ4n) is 2.19. The molecule has 7 nitrogen and oxygen atoms in total. The summed E-state index contributed by atoms with van der Waals surface area (Å²) >= 11 is 2.36. The van der Waals surface area contributed by atoms with E-state index in [9.17, 15) is 8.96 Å². The van der Waals surface area contributed by atoms with Gasteiger partial charge in [0.15, 0.2) is 11.6 Å². The normalized spacial score (nSPS) is 23.3. The van der Waals surface area contributed by atoms with Crippen molar-refractivity contribution in [1.29, 1.82) is 0 Å². The Morgan fingerprint density at radius 2 is 1.33 bits per heavy atom. The summed E-state index contributed by atoms with van der Waals surface area (Å²) in [5, 5.41) is 0. The Morgan fingerprint density at radius 1 is 1.00 bits per heavy atom. The Morgan fingerprint density at radius 3 is 1.63 bits per heavy atom. The van der Waals surface area contributed by atoms with Gasteiger partial charge in [0.05, 0.1) is 41.1 Å². The second kappa shape index (κ2) is 13.1. The molecular weight excluding hydrogens is 493 g/mol. The molecule has 2 saturated heterocycles. The van der Waals surface area contributed by atoms with Crippen molar-refractivity contribution in [2.45, 2.75) is 39.3 Å². The summed E-state index contributed by atoms with van der Waals surface area (Å²) in [5.41, 5.74) is 0. The van der Waals surface area contributed by atoms with Crippen molar-refractivity contribution in [2.24, 2.45) is 11.8 Å². The number of halogens is 2. The van der Waals surface area contributed by atoms with Gasteiger partial charge in [-0.05, 0) is 27.7 Å². The molecule has 0 aromatic carbocycles. The highest BCUT2D eigenvalue weighted by Crippen LogP contribution is 2.48. The van der Waals surface area contributed by atoms with Crippen molar-refractivity contribution >= 4 is 30.2 Å². The highest BCUT2D eigenvalue weighted by Gasteiger charge is 2.34. The molecule has 0 N–H and O–H groups in total. The molecule has 0 aromatic rings. The molecule has 0 aliphatic carbocycles. The Hall–Kier alpha value is 0.650. The predicted octanol–water partition coefficient (Wildman–Crippen LogP) is 4.28. The largest absolute Gasteiger partial charge is 0.350 e. The molecule has 2 heterocycles. The fourth-order valence-corrected chi connectivity index (χ4v) is 3.99. The molecule has 0 unspecified atom stereocenters. The second-order valence-corrected chi connectivity index (χ2v) is 10.3. The maximum atomic E-state index is 11.8. The highest BCUT2D eigenvalue weighted by molar-refractivity contribution is 14.1. The van der Waals surface area contributed by atoms with E-state index in [0.717, 1.165) is 17.6 Å². The van der Waals surface area contributed by atoms with Crippen molar-refractivity contribution < 1.29 is 38.3 Å². The van der Waals surface area contributed by atoms with E-state index >= 15 is 0 Å². The van der Waals surface area contributed by atoms with E-state index < -0.39 is 20.5 Å². The van der Waals surface area contributed by atoms with Gasteiger partial charge in [-0.3, -0.25) is 8.96 Å². The summed E-state index contributed by atoms with van der Waals surface area (Å²) in [7, 11) is -1.18. The van der Waals surface area contributed by atoms with Crippen LogP contribution in [0.3, 0.4) is 0 Å². The number of alkyl halides is 2. The molecule has 164 valence electrons. The third kappa shape index (κ3) is 11.4. The van der Waals surface area contributed by atoms with Crippen LogP contribution in [0.4, 0.5) is 4.39 Å². The summed E-state index contributed by atoms with van der Waals surface area (Å²) in [6, 6.07) is 0. The first-order valence-corrected chi connectivity index (χ1v) is 11.9. The van der Waals surface area contributed by atoms with E-state index in [1.165, 1.54) is 14.2 Å². The van der Waals surface area contributed by atoms with Gasteiger partial charge < -0.3 is 28.0 Å². The average Bonchev–Trinajstić information content (AvgIpc) is 2.65. The molecule has 0 atom stereocenters. The molecule has 2 rings (SSSR count). The van der Waals surface area contributed by atoms with Crippen LogP contribution >= 0.6 is 30.2 Å². The molecule has 0 radical (unpaired) electrons. The fraction of sp³-hybridized carbons (Fsp3) is 1.00. The second-order valence-electron chi connectivity index (χ2n) is 7.09. The van der Waals surface area contributed by atoms with Crippen LogP contribution in [0.15, 0.2) is 0 Å². The van der Waals surface area contributed by atoms with Gasteiger partial charge in [0, 0.05) is 30.5 Å². The summed E-state index contributed by atoms with van der Waals surface area (Å²) in [5.74, 6) is -0.236. The molecule has 0 amide bonds. The first-order valence-electron chi connectivity index (χ1n) is 9.34. The van der Waals surface area contributed by atoms with Crippen molar-refractivity contribution in [3.63, 3.8) is 0 Å². The minimum absolute atomic E-state index is 0.0590. The van der Waals surface area contributed by atoms with E-state index in [1.54, 1.807) is 0 Å². The summed E-state index contributed by atoms with van der Waals surface area (Å²) in [4.78, 5) is 0. The highest BCUT2D eigenvalue weighted by atomic mass is 127. The summed E-state index contributed by atoms with van der Waals surface area (Å²) in [6.45, 7) is 10.3. The van der Waals surface area contributed by atoms with Gasteiger partial charge in [0.25, 0.3) is 0 Å². The zero-order valence-electron chi connectivity index (χ0n) is 18.2. The van der Waals surface area contributed by atoms with Gasteiger partial charge in [0.1, 0.15) is 0 Å². The van der Waals surface area contributed by atoms with Gasteiger partial charge >= 0.3 is 7.60 Å². The van der Waals surface area contributed by atoms with Crippen LogP contribution in [-0.2, 0) is 32.6 Å². The first-order chi connectivity index (χ1) is 13.0. The molecule has 0 spiro atoms. The monoisotopic (exact) mass is 529 g/mol. The Balaban J connectivity index is 0.000000483. The number of hydrogen-bond acceptors (Lipinski definition) is 7. The number of rotatable bonds is 5. The molecular formula is C17H35FIO7P. The first kappa shape index (κ1) is 25.7. The topological polar surface area (TPSA) is 72.5 Å². The zero-order valence-corrected chi connectivity index (χ0v) is 20.2. The summed E-state index contributed by atoms with van der Waals surface area (Å²) in [6.07, 6.45) is 0.329. The van der Waals surface area contributed by atoms with Crippen LogP contribution in [0.5, 0.6) is 0 Å². The quantitative estimate of drug-likeness (QED) is 0.299. The van der Waals surface area contributed by atoms with E-state index in [4.69, 9.17) is 29.4 Å². The maximum Gasteiger partial charge on any atom is 0.330 e. The molecule has 2 fully saturated rings. The minimum Gasteiger partial charge on any atom is -0.350 e. The van der Waals surface area contributed by atoms with Crippen LogP contribution < -0.4 is 0 Å². The van der Waals surface area contributed by atoms with Crippen LogP contribution in [0.25, 0.3) is 0 Å². The Bertz CT molecular complexity index is 443. The van der Waals surface area contributed by atoms with E-state index in [0.29, 0.717) is 25.3 Å². The third-order valence-electron chi connectivity index (χ3n) is 3.92. The van der Waals surface area contributed by atoms with Crippen LogP contribution in [-0.4, -0.2) is 70.0 Å². The van der Waals surface area contributed by atoms with Crippen LogP contribution in [0.1, 0.15) is 29.1 Å². The molecule has 0 bridgehead atoms. The molecule has 0 aromatic heterocycles. The van der Waals surface area contributed by atoms with Crippen molar-refractivity contribution in [3.8, 4) is 0 Å². The van der Waals surface area contributed by atoms with Crippen molar-refractivity contribution in [3.05, 3.63) is 0 Å². The van der Waals surface area contributed by atoms with E-state index in [1.807, 2.05) is 27.7 Å². The van der Waals surface area contributed by atoms with Gasteiger partial charge in [-0.1, -0.05) is 22.6 Å². The van der Waals surface area contributed by atoms with Crippen molar-refractivity contribution in [2.75, 3.05) is 58.4 Å². The molecule has 2 aliphatic heterocycles. The summed E-state index contributed by atoms with van der Waals surface area (Å²) < 4.78 is 60.0. The lowest BCUT2D eigenvalue weighted by Crippen LogP contribution is -2.40. The van der Waals surface area contributed by atoms with Crippen molar-refractivity contribution in [1.82, 2.24) is 0 Å². The Kier molecular flexibility index (Phi) is 12.4. The van der Waals surface area contributed by atoms with Crippen LogP contribution in [0, 0.1) is 11.8 Å². The lowest BCUT2D eigenvalue weighted by atomic mass is 10.2. The molecule has 10 heteroatoms. The van der Waals surface area contributed by atoms with Gasteiger partial charge in [0.2, 0.25) is 0 Å². The third-order valence-corrected chi connectivity index (χ3v) is 7.24. The SMILES string of the molecule is CC1(C)OCC(CI)CO1.COP(=O)(CC1COC(C)(C)OC1)OC.[2H]CF. The maximum absolute atomic E-state index is 11.8. The van der Waals surface area contributed by atoms with Gasteiger partial charge in [-0.2, -0.15) is 0 Å². The Labute approximate surface area is 178 Å². The minimum atomic E-state index is -2.95. The van der Waals surface area contributed by atoms with E-state index in [2.05, 4.69) is 22.6 Å². The lowest BCUT2D eigenvalue weighted by Gasteiger charge is -2.35. The average molecular weight is 529 g/mol. The molecule has 27 heavy (non-hydrogen) atoms. The predicted molar refractivity (Wildman–Crippen MR) is 111 cm³/mol. The number of ether oxygens (including phenoxy) is 4. The smallest absolute Gasteiger partial charge is 0.330 e. The zero-order chi connectivity index (χ0) is 21.8. The molecule has 0 saturated carbocycles. The molecule has 2 aliphatic rings. The van der Waals surface area contributed by atoms with Gasteiger partial charge in [-0.15, -0.1) is 0 Å². The van der Waals surface area contributed by atoms with Gasteiger partial charge in [-0.25, -0.2) is 0 Å².